The van der Waals surface area contributed by atoms with Gasteiger partial charge in [-0.05, 0) is 35.7 Å². The molecule has 122 valence electrons. The van der Waals surface area contributed by atoms with Gasteiger partial charge in [0, 0.05) is 12.6 Å². The highest BCUT2D eigenvalue weighted by atomic mass is 31.0. The van der Waals surface area contributed by atoms with Gasteiger partial charge in [-0.2, -0.15) is 0 Å². The smallest absolute Gasteiger partial charge is 0.0361 e. The second-order valence-electron chi connectivity index (χ2n) is 6.26. The Morgan fingerprint density at radius 3 is 2.58 bits per heavy atom. The highest BCUT2D eigenvalue weighted by molar-refractivity contribution is 7.13. The predicted octanol–water partition coefficient (Wildman–Crippen LogP) is 6.01. The number of hydrogen-bond donors (Lipinski definition) is 0. The highest BCUT2D eigenvalue weighted by Crippen LogP contribution is 2.29. The minimum absolute atomic E-state index is 0.336. The van der Waals surface area contributed by atoms with Gasteiger partial charge < -0.3 is 0 Å². The van der Waals surface area contributed by atoms with Crippen LogP contribution < -0.4 is 0 Å². The monoisotopic (exact) mass is 333 g/mol. The van der Waals surface area contributed by atoms with E-state index in [9.17, 15) is 0 Å². The normalized spacial score (nSPS) is 13.0. The number of aryl methyl sites for hydroxylation is 1. The van der Waals surface area contributed by atoms with Gasteiger partial charge >= 0.3 is 0 Å². The molecule has 0 aromatic heterocycles. The van der Waals surface area contributed by atoms with Crippen LogP contribution in [0.3, 0.4) is 0 Å². The maximum absolute atomic E-state index is 2.88. The molecular formula is C22H24NP. The topological polar surface area (TPSA) is 3.24 Å². The van der Waals surface area contributed by atoms with Crippen molar-refractivity contribution in [3.05, 3.63) is 89.5 Å². The zero-order valence-electron chi connectivity index (χ0n) is 14.3. The van der Waals surface area contributed by atoms with Crippen molar-refractivity contribution >= 4 is 26.2 Å². The van der Waals surface area contributed by atoms with E-state index in [0.29, 0.717) is 6.04 Å². The third-order valence-corrected chi connectivity index (χ3v) is 5.10. The molecule has 1 unspecified atom stereocenters. The average Bonchev–Trinajstić information content (AvgIpc) is 2.60. The molecule has 24 heavy (non-hydrogen) atoms. The summed E-state index contributed by atoms with van der Waals surface area (Å²) in [5.41, 5.74) is 3.92. The largest absolute Gasteiger partial charge is 0.277 e. The SMILES string of the molecule is Cc1cccc(/C=C/CN(P)[C@H](C)c2cccc3ccccc23)c1. The van der Waals surface area contributed by atoms with Crippen LogP contribution in [0.1, 0.15) is 29.7 Å². The second-order valence-corrected chi connectivity index (χ2v) is 6.92. The van der Waals surface area contributed by atoms with Crippen LogP contribution in [0.5, 0.6) is 0 Å². The first-order valence-electron chi connectivity index (χ1n) is 8.37. The van der Waals surface area contributed by atoms with Gasteiger partial charge in [0.2, 0.25) is 0 Å². The van der Waals surface area contributed by atoms with Crippen LogP contribution >= 0.6 is 9.39 Å². The van der Waals surface area contributed by atoms with E-state index in [1.54, 1.807) is 0 Å². The van der Waals surface area contributed by atoms with E-state index >= 15 is 0 Å². The summed E-state index contributed by atoms with van der Waals surface area (Å²) in [7, 11) is 2.88. The lowest BCUT2D eigenvalue weighted by Gasteiger charge is -2.24. The van der Waals surface area contributed by atoms with Crippen LogP contribution in [0.2, 0.25) is 0 Å². The van der Waals surface area contributed by atoms with E-state index in [0.717, 1.165) is 6.54 Å². The molecular weight excluding hydrogens is 309 g/mol. The molecule has 2 atom stereocenters. The van der Waals surface area contributed by atoms with E-state index in [4.69, 9.17) is 0 Å². The Labute approximate surface area is 147 Å². The minimum Gasteiger partial charge on any atom is -0.277 e. The quantitative estimate of drug-likeness (QED) is 0.516. The second kappa shape index (κ2) is 7.75. The Hall–Kier alpha value is -1.95. The van der Waals surface area contributed by atoms with Crippen LogP contribution in [0, 0.1) is 6.92 Å². The van der Waals surface area contributed by atoms with Crippen molar-refractivity contribution in [1.29, 1.82) is 0 Å². The Bertz CT molecular complexity index is 848. The first kappa shape index (κ1) is 16.9. The fourth-order valence-corrected chi connectivity index (χ4v) is 3.32. The van der Waals surface area contributed by atoms with Crippen molar-refractivity contribution in [2.45, 2.75) is 19.9 Å². The van der Waals surface area contributed by atoms with Gasteiger partial charge in [0.1, 0.15) is 0 Å². The molecule has 2 heteroatoms. The minimum atomic E-state index is 0.336. The summed E-state index contributed by atoms with van der Waals surface area (Å²) in [4.78, 5) is 0. The molecule has 0 aliphatic heterocycles. The molecule has 0 saturated heterocycles. The lowest BCUT2D eigenvalue weighted by molar-refractivity contribution is 0.419. The molecule has 0 bridgehead atoms. The summed E-state index contributed by atoms with van der Waals surface area (Å²) >= 11 is 0. The Morgan fingerprint density at radius 1 is 1.00 bits per heavy atom. The molecule has 0 heterocycles. The van der Waals surface area contributed by atoms with E-state index in [-0.39, 0.29) is 0 Å². The zero-order chi connectivity index (χ0) is 16.9. The van der Waals surface area contributed by atoms with Gasteiger partial charge in [-0.15, -0.1) is 0 Å². The molecule has 3 aromatic carbocycles. The van der Waals surface area contributed by atoms with Crippen LogP contribution in [-0.4, -0.2) is 11.2 Å². The molecule has 0 saturated carbocycles. The van der Waals surface area contributed by atoms with Gasteiger partial charge in [-0.25, -0.2) is 0 Å². The Kier molecular flexibility index (Phi) is 5.45. The number of hydrogen-bond acceptors (Lipinski definition) is 1. The molecule has 0 radical (unpaired) electrons. The van der Waals surface area contributed by atoms with E-state index < -0.39 is 0 Å². The van der Waals surface area contributed by atoms with E-state index in [1.807, 2.05) is 0 Å². The molecule has 3 rings (SSSR count). The standard InChI is InChI=1S/C22H24NP/c1-17-8-5-9-19(16-17)10-7-15-23(24)18(2)21-14-6-12-20-11-3-4-13-22(20)21/h3-14,16,18H,15,24H2,1-2H3/b10-7+/t18-/m1/s1. The van der Waals surface area contributed by atoms with Crippen molar-refractivity contribution in [3.63, 3.8) is 0 Å². The number of rotatable bonds is 5. The summed E-state index contributed by atoms with van der Waals surface area (Å²) in [6.45, 7) is 5.28. The van der Waals surface area contributed by atoms with Crippen LogP contribution in [0.15, 0.2) is 72.8 Å². The maximum Gasteiger partial charge on any atom is 0.0361 e. The molecule has 3 aromatic rings. The number of nitrogens with zero attached hydrogens (tertiary/aromatic N) is 1. The van der Waals surface area contributed by atoms with Gasteiger partial charge in [0.25, 0.3) is 0 Å². The van der Waals surface area contributed by atoms with E-state index in [1.165, 1.54) is 27.5 Å². The lowest BCUT2D eigenvalue weighted by atomic mass is 10.00. The fourth-order valence-electron chi connectivity index (χ4n) is 3.04. The fraction of sp³-hybridized carbons (Fsp3) is 0.182. The first-order chi connectivity index (χ1) is 11.6. The maximum atomic E-state index is 2.88. The average molecular weight is 333 g/mol. The number of fused-ring (bicyclic) bond motifs is 1. The molecule has 0 N–H and O–H groups in total. The molecule has 1 nitrogen and oxygen atoms in total. The molecule has 0 aliphatic carbocycles. The molecule has 0 spiro atoms. The third kappa shape index (κ3) is 3.93. The molecule has 0 amide bonds. The summed E-state index contributed by atoms with van der Waals surface area (Å²) in [6, 6.07) is 24.1. The summed E-state index contributed by atoms with van der Waals surface area (Å²) in [5, 5.41) is 2.64. The van der Waals surface area contributed by atoms with Crippen LogP contribution in [-0.2, 0) is 0 Å². The summed E-state index contributed by atoms with van der Waals surface area (Å²) in [5.74, 6) is 0. The van der Waals surface area contributed by atoms with Crippen LogP contribution in [0.25, 0.3) is 16.8 Å². The van der Waals surface area contributed by atoms with Crippen molar-refractivity contribution in [2.75, 3.05) is 6.54 Å². The highest BCUT2D eigenvalue weighted by Gasteiger charge is 2.13. The number of benzene rings is 3. The van der Waals surface area contributed by atoms with Crippen molar-refractivity contribution in [3.8, 4) is 0 Å². The van der Waals surface area contributed by atoms with Gasteiger partial charge in [-0.1, -0.05) is 93.8 Å². The van der Waals surface area contributed by atoms with Crippen molar-refractivity contribution < 1.29 is 0 Å². The Morgan fingerprint density at radius 2 is 1.75 bits per heavy atom. The molecule has 0 fully saturated rings. The van der Waals surface area contributed by atoms with Gasteiger partial charge in [0.05, 0.1) is 0 Å². The van der Waals surface area contributed by atoms with Crippen molar-refractivity contribution in [2.24, 2.45) is 0 Å². The first-order valence-corrected chi connectivity index (χ1v) is 8.89. The van der Waals surface area contributed by atoms with Gasteiger partial charge in [0.15, 0.2) is 0 Å². The third-order valence-electron chi connectivity index (χ3n) is 4.44. The Balaban J connectivity index is 1.73. The molecule has 0 aliphatic rings. The zero-order valence-corrected chi connectivity index (χ0v) is 15.5. The van der Waals surface area contributed by atoms with Gasteiger partial charge in [-0.3, -0.25) is 4.67 Å². The van der Waals surface area contributed by atoms with E-state index in [2.05, 4.69) is 107 Å². The van der Waals surface area contributed by atoms with Crippen molar-refractivity contribution in [1.82, 2.24) is 4.67 Å². The summed E-state index contributed by atoms with van der Waals surface area (Å²) in [6.07, 6.45) is 4.42. The van der Waals surface area contributed by atoms with Crippen LogP contribution in [0.4, 0.5) is 0 Å². The lowest BCUT2D eigenvalue weighted by Crippen LogP contribution is -2.16. The predicted molar refractivity (Wildman–Crippen MR) is 109 cm³/mol. The summed E-state index contributed by atoms with van der Waals surface area (Å²) < 4.78 is 2.30.